The summed E-state index contributed by atoms with van der Waals surface area (Å²) in [6.45, 7) is 1.97. The largest absolute Gasteiger partial charge is 0.497 e. The van der Waals surface area contributed by atoms with Gasteiger partial charge in [-0.25, -0.2) is 13.6 Å². The molecule has 8 heteroatoms. The van der Waals surface area contributed by atoms with Crippen molar-refractivity contribution >= 4 is 5.97 Å². The standard InChI is InChI=1S/C20H18F2N2O4/c1-4-28-19-12(17-10-16(20(25)26)23-24(17)2)8-11(27-3)9-13(19)18-14(21)6-5-7-15(18)22/h5-10H,4H2,1-3H3,(H,25,26). The van der Waals surface area contributed by atoms with E-state index in [0.717, 1.165) is 12.1 Å². The Balaban J connectivity index is 2.36. The molecule has 0 bridgehead atoms. The Kier molecular flexibility index (Phi) is 5.30. The Hall–Kier alpha value is -3.42. The second-order valence-corrected chi connectivity index (χ2v) is 5.92. The van der Waals surface area contributed by atoms with Crippen LogP contribution in [0, 0.1) is 11.6 Å². The minimum absolute atomic E-state index is 0.157. The summed E-state index contributed by atoms with van der Waals surface area (Å²) < 4.78 is 41.4. The summed E-state index contributed by atoms with van der Waals surface area (Å²) in [6.07, 6.45) is 0. The van der Waals surface area contributed by atoms with E-state index in [2.05, 4.69) is 5.10 Å². The first-order valence-corrected chi connectivity index (χ1v) is 8.44. The molecule has 2 aromatic carbocycles. The number of aryl methyl sites for hydroxylation is 1. The van der Waals surface area contributed by atoms with E-state index in [1.165, 1.54) is 30.0 Å². The molecule has 1 aromatic heterocycles. The van der Waals surface area contributed by atoms with Crippen LogP contribution in [-0.4, -0.2) is 34.6 Å². The van der Waals surface area contributed by atoms with Crippen LogP contribution in [0.15, 0.2) is 36.4 Å². The minimum atomic E-state index is -1.19. The number of halogens is 2. The van der Waals surface area contributed by atoms with Gasteiger partial charge in [0.1, 0.15) is 23.1 Å². The first-order chi connectivity index (χ1) is 13.4. The quantitative estimate of drug-likeness (QED) is 0.687. The highest BCUT2D eigenvalue weighted by atomic mass is 19.1. The van der Waals surface area contributed by atoms with Crippen molar-refractivity contribution in [3.05, 3.63) is 53.7 Å². The second-order valence-electron chi connectivity index (χ2n) is 5.92. The molecule has 146 valence electrons. The molecule has 3 aromatic rings. The van der Waals surface area contributed by atoms with Crippen molar-refractivity contribution in [3.8, 4) is 33.9 Å². The molecule has 28 heavy (non-hydrogen) atoms. The van der Waals surface area contributed by atoms with Crippen molar-refractivity contribution in [3.63, 3.8) is 0 Å². The van der Waals surface area contributed by atoms with E-state index in [4.69, 9.17) is 9.47 Å². The zero-order chi connectivity index (χ0) is 20.4. The molecule has 3 rings (SSSR count). The zero-order valence-electron chi connectivity index (χ0n) is 15.5. The maximum Gasteiger partial charge on any atom is 0.356 e. The van der Waals surface area contributed by atoms with Crippen molar-refractivity contribution in [2.45, 2.75) is 6.92 Å². The Morgan fingerprint density at radius 1 is 1.18 bits per heavy atom. The van der Waals surface area contributed by atoms with Crippen LogP contribution in [0.3, 0.4) is 0 Å². The molecule has 0 aliphatic rings. The van der Waals surface area contributed by atoms with Crippen molar-refractivity contribution in [2.24, 2.45) is 7.05 Å². The van der Waals surface area contributed by atoms with Crippen molar-refractivity contribution in [2.75, 3.05) is 13.7 Å². The smallest absolute Gasteiger partial charge is 0.356 e. The molecule has 0 fully saturated rings. The number of benzene rings is 2. The number of hydrogen-bond donors (Lipinski definition) is 1. The first kappa shape index (κ1) is 19.3. The van der Waals surface area contributed by atoms with Crippen LogP contribution < -0.4 is 9.47 Å². The van der Waals surface area contributed by atoms with E-state index < -0.39 is 17.6 Å². The van der Waals surface area contributed by atoms with Gasteiger partial charge >= 0.3 is 5.97 Å². The Labute approximate surface area is 159 Å². The number of nitrogens with zero attached hydrogens (tertiary/aromatic N) is 2. The molecular formula is C20H18F2N2O4. The lowest BCUT2D eigenvalue weighted by Crippen LogP contribution is -2.03. The van der Waals surface area contributed by atoms with Crippen LogP contribution in [-0.2, 0) is 7.05 Å². The molecule has 0 saturated carbocycles. The van der Waals surface area contributed by atoms with Crippen molar-refractivity contribution in [1.82, 2.24) is 9.78 Å². The first-order valence-electron chi connectivity index (χ1n) is 8.44. The lowest BCUT2D eigenvalue weighted by atomic mass is 9.98. The molecule has 0 aliphatic heterocycles. The fraction of sp³-hybridized carbons (Fsp3) is 0.200. The molecular weight excluding hydrogens is 370 g/mol. The van der Waals surface area contributed by atoms with E-state index in [9.17, 15) is 18.7 Å². The minimum Gasteiger partial charge on any atom is -0.497 e. The monoisotopic (exact) mass is 388 g/mol. The molecule has 0 unspecified atom stereocenters. The lowest BCUT2D eigenvalue weighted by molar-refractivity contribution is 0.0689. The number of carboxylic acids is 1. The summed E-state index contributed by atoms with van der Waals surface area (Å²) in [6, 6.07) is 8.02. The molecule has 0 radical (unpaired) electrons. The predicted molar refractivity (Wildman–Crippen MR) is 98.7 cm³/mol. The molecule has 0 amide bonds. The third kappa shape index (κ3) is 3.40. The SMILES string of the molecule is CCOc1c(-c2c(F)cccc2F)cc(OC)cc1-c1cc(C(=O)O)nn1C. The van der Waals surface area contributed by atoms with Gasteiger partial charge in [0.25, 0.3) is 0 Å². The van der Waals surface area contributed by atoms with Gasteiger partial charge in [-0.05, 0) is 37.3 Å². The fourth-order valence-corrected chi connectivity index (χ4v) is 2.97. The normalized spacial score (nSPS) is 10.8. The molecule has 1 N–H and O–H groups in total. The molecule has 6 nitrogen and oxygen atoms in total. The summed E-state index contributed by atoms with van der Waals surface area (Å²) in [5.41, 5.74) is 0.539. The van der Waals surface area contributed by atoms with Crippen LogP contribution in [0.1, 0.15) is 17.4 Å². The number of hydrogen-bond acceptors (Lipinski definition) is 4. The van der Waals surface area contributed by atoms with E-state index >= 15 is 0 Å². The van der Waals surface area contributed by atoms with E-state index in [1.54, 1.807) is 20.0 Å². The van der Waals surface area contributed by atoms with Gasteiger partial charge in [0.2, 0.25) is 0 Å². The highest BCUT2D eigenvalue weighted by Gasteiger charge is 2.23. The highest BCUT2D eigenvalue weighted by Crippen LogP contribution is 2.44. The average molecular weight is 388 g/mol. The topological polar surface area (TPSA) is 73.6 Å². The number of rotatable bonds is 6. The molecule has 0 spiro atoms. The van der Waals surface area contributed by atoms with Crippen LogP contribution in [0.25, 0.3) is 22.4 Å². The number of aromatic nitrogens is 2. The number of carboxylic acid groups (broad SMARTS) is 1. The lowest BCUT2D eigenvalue weighted by Gasteiger charge is -2.18. The summed E-state index contributed by atoms with van der Waals surface area (Å²) in [5, 5.41) is 13.2. The van der Waals surface area contributed by atoms with Gasteiger partial charge in [0.15, 0.2) is 5.69 Å². The Morgan fingerprint density at radius 2 is 1.82 bits per heavy atom. The maximum atomic E-state index is 14.5. The molecule has 0 aliphatic carbocycles. The van der Waals surface area contributed by atoms with E-state index in [1.807, 2.05) is 0 Å². The molecule has 0 saturated heterocycles. The van der Waals surface area contributed by atoms with Gasteiger partial charge in [-0.3, -0.25) is 4.68 Å². The number of aromatic carboxylic acids is 1. The summed E-state index contributed by atoms with van der Waals surface area (Å²) >= 11 is 0. The fourth-order valence-electron chi connectivity index (χ4n) is 2.97. The Morgan fingerprint density at radius 3 is 2.36 bits per heavy atom. The van der Waals surface area contributed by atoms with E-state index in [-0.39, 0.29) is 29.2 Å². The number of ether oxygens (including phenoxy) is 2. The van der Waals surface area contributed by atoms with Gasteiger partial charge in [-0.2, -0.15) is 5.10 Å². The van der Waals surface area contributed by atoms with Gasteiger partial charge < -0.3 is 14.6 Å². The van der Waals surface area contributed by atoms with Gasteiger partial charge in [0, 0.05) is 18.2 Å². The van der Waals surface area contributed by atoms with Crippen LogP contribution in [0.4, 0.5) is 8.78 Å². The maximum absolute atomic E-state index is 14.5. The average Bonchev–Trinajstić information content (AvgIpc) is 3.04. The zero-order valence-corrected chi connectivity index (χ0v) is 15.5. The van der Waals surface area contributed by atoms with Gasteiger partial charge in [-0.15, -0.1) is 0 Å². The summed E-state index contributed by atoms with van der Waals surface area (Å²) in [5.74, 6) is -2.17. The van der Waals surface area contributed by atoms with Crippen LogP contribution >= 0.6 is 0 Å². The summed E-state index contributed by atoms with van der Waals surface area (Å²) in [4.78, 5) is 11.3. The number of methoxy groups -OCH3 is 1. The summed E-state index contributed by atoms with van der Waals surface area (Å²) in [7, 11) is 2.99. The van der Waals surface area contributed by atoms with E-state index in [0.29, 0.717) is 17.0 Å². The Bertz CT molecular complexity index is 1030. The van der Waals surface area contributed by atoms with Gasteiger partial charge in [-0.1, -0.05) is 6.07 Å². The molecule has 1 heterocycles. The number of carbonyl (C=O) groups is 1. The molecule has 0 atom stereocenters. The third-order valence-electron chi connectivity index (χ3n) is 4.19. The second kappa shape index (κ2) is 7.67. The van der Waals surface area contributed by atoms with Crippen LogP contribution in [0.2, 0.25) is 0 Å². The van der Waals surface area contributed by atoms with Gasteiger partial charge in [0.05, 0.1) is 25.0 Å². The third-order valence-corrected chi connectivity index (χ3v) is 4.19. The van der Waals surface area contributed by atoms with Crippen molar-refractivity contribution in [1.29, 1.82) is 0 Å². The van der Waals surface area contributed by atoms with Crippen molar-refractivity contribution < 1.29 is 28.2 Å². The predicted octanol–water partition coefficient (Wildman–Crippen LogP) is 4.14. The van der Waals surface area contributed by atoms with Crippen LogP contribution in [0.5, 0.6) is 11.5 Å². The highest BCUT2D eigenvalue weighted by molar-refractivity contribution is 5.89.